The van der Waals surface area contributed by atoms with Crippen molar-refractivity contribution in [3.63, 3.8) is 0 Å². The topological polar surface area (TPSA) is 17.1 Å². The summed E-state index contributed by atoms with van der Waals surface area (Å²) in [5.74, 6) is 0.929. The third-order valence-corrected chi connectivity index (χ3v) is 5.61. The number of carbonyl (C=O) groups is 1. The first kappa shape index (κ1) is 11.3. The summed E-state index contributed by atoms with van der Waals surface area (Å²) in [5, 5.41) is 2.11. The Morgan fingerprint density at radius 1 is 1.53 bits per heavy atom. The van der Waals surface area contributed by atoms with Gasteiger partial charge in [-0.15, -0.1) is 11.3 Å². The van der Waals surface area contributed by atoms with E-state index in [1.807, 2.05) is 0 Å². The van der Waals surface area contributed by atoms with Crippen LogP contribution in [0.5, 0.6) is 0 Å². The number of carbonyl (C=O) groups excluding carboxylic acids is 1. The van der Waals surface area contributed by atoms with Crippen LogP contribution in [0.2, 0.25) is 0 Å². The summed E-state index contributed by atoms with van der Waals surface area (Å²) in [5.41, 5.74) is -0.0513. The number of rotatable bonds is 3. The van der Waals surface area contributed by atoms with Gasteiger partial charge in [-0.3, -0.25) is 4.79 Å². The van der Waals surface area contributed by atoms with E-state index in [2.05, 4.69) is 41.2 Å². The molecule has 0 radical (unpaired) electrons. The van der Waals surface area contributed by atoms with E-state index >= 15 is 0 Å². The fourth-order valence-electron chi connectivity index (χ4n) is 2.67. The first-order chi connectivity index (χ1) is 7.14. The lowest BCUT2D eigenvalue weighted by atomic mass is 9.56. The van der Waals surface area contributed by atoms with Gasteiger partial charge in [0.05, 0.1) is 0 Å². The maximum Gasteiger partial charge on any atom is 0.140 e. The van der Waals surface area contributed by atoms with Crippen LogP contribution in [0.1, 0.15) is 43.9 Å². The molecule has 1 saturated carbocycles. The first-order valence-corrected chi connectivity index (χ1v) is 7.08. The highest BCUT2D eigenvalue weighted by atomic mass is 79.9. The molecule has 82 valence electrons. The Labute approximate surface area is 103 Å². The van der Waals surface area contributed by atoms with Crippen molar-refractivity contribution in [3.8, 4) is 0 Å². The molecule has 1 fully saturated rings. The van der Waals surface area contributed by atoms with E-state index in [1.54, 1.807) is 11.3 Å². The van der Waals surface area contributed by atoms with Crippen molar-refractivity contribution in [1.29, 1.82) is 0 Å². The van der Waals surface area contributed by atoms with Gasteiger partial charge in [0.15, 0.2) is 0 Å². The summed E-state index contributed by atoms with van der Waals surface area (Å²) in [6.07, 6.45) is 2.69. The van der Waals surface area contributed by atoms with Gasteiger partial charge in [-0.25, -0.2) is 0 Å². The standard InChI is InChI=1S/C12H15BrOS/c1-3-12(4-2)9(6-11(12)14)10-5-8(13)7-15-10/h5,7,9H,3-4,6H2,1-2H3. The summed E-state index contributed by atoms with van der Waals surface area (Å²) in [4.78, 5) is 13.2. The summed E-state index contributed by atoms with van der Waals surface area (Å²) in [7, 11) is 0. The molecule has 0 spiro atoms. The van der Waals surface area contributed by atoms with Crippen LogP contribution in [-0.4, -0.2) is 5.78 Å². The SMILES string of the molecule is CCC1(CC)C(=O)CC1c1cc(Br)cs1. The molecule has 3 heteroatoms. The zero-order chi connectivity index (χ0) is 11.1. The first-order valence-electron chi connectivity index (χ1n) is 5.41. The van der Waals surface area contributed by atoms with Crippen molar-refractivity contribution >= 4 is 33.0 Å². The molecule has 1 unspecified atom stereocenters. The predicted molar refractivity (Wildman–Crippen MR) is 67.4 cm³/mol. The van der Waals surface area contributed by atoms with Gasteiger partial charge in [0.2, 0.25) is 0 Å². The smallest absolute Gasteiger partial charge is 0.140 e. The molecule has 0 N–H and O–H groups in total. The van der Waals surface area contributed by atoms with E-state index < -0.39 is 0 Å². The number of Topliss-reactive ketones (excluding diaryl/α,β-unsaturated/α-hetero) is 1. The van der Waals surface area contributed by atoms with Crippen LogP contribution in [0, 0.1) is 5.41 Å². The van der Waals surface area contributed by atoms with Gasteiger partial charge < -0.3 is 0 Å². The van der Waals surface area contributed by atoms with Gasteiger partial charge in [-0.05, 0) is 34.8 Å². The predicted octanol–water partition coefficient (Wildman–Crippen LogP) is 4.37. The average Bonchev–Trinajstić information content (AvgIpc) is 2.63. The highest BCUT2D eigenvalue weighted by Crippen LogP contribution is 2.55. The average molecular weight is 287 g/mol. The van der Waals surface area contributed by atoms with Crippen molar-refractivity contribution in [3.05, 3.63) is 20.8 Å². The van der Waals surface area contributed by atoms with Gasteiger partial charge in [-0.2, -0.15) is 0 Å². The van der Waals surface area contributed by atoms with Crippen molar-refractivity contribution in [2.45, 2.75) is 39.0 Å². The normalized spacial score (nSPS) is 23.9. The molecule has 0 bridgehead atoms. The summed E-state index contributed by atoms with van der Waals surface area (Å²) in [6.45, 7) is 4.27. The molecule has 1 aromatic heterocycles. The lowest BCUT2D eigenvalue weighted by molar-refractivity contribution is -0.141. The maximum absolute atomic E-state index is 11.8. The fourth-order valence-corrected chi connectivity index (χ4v) is 4.33. The second-order valence-corrected chi connectivity index (χ2v) is 6.07. The minimum absolute atomic E-state index is 0.0513. The Morgan fingerprint density at radius 2 is 2.20 bits per heavy atom. The molecule has 0 amide bonds. The Balaban J connectivity index is 2.28. The quantitative estimate of drug-likeness (QED) is 0.806. The Morgan fingerprint density at radius 3 is 2.60 bits per heavy atom. The van der Waals surface area contributed by atoms with Gasteiger partial charge in [-0.1, -0.05) is 13.8 Å². The lowest BCUT2D eigenvalue weighted by Crippen LogP contribution is -2.47. The maximum atomic E-state index is 11.8. The van der Waals surface area contributed by atoms with Gasteiger partial charge >= 0.3 is 0 Å². The van der Waals surface area contributed by atoms with Crippen molar-refractivity contribution in [1.82, 2.24) is 0 Å². The van der Waals surface area contributed by atoms with Crippen LogP contribution >= 0.6 is 27.3 Å². The Hall–Kier alpha value is -0.150. The van der Waals surface area contributed by atoms with Crippen LogP contribution in [0.25, 0.3) is 0 Å². The molecule has 0 aliphatic heterocycles. The third kappa shape index (κ3) is 1.60. The molecule has 1 heterocycles. The minimum atomic E-state index is -0.0513. The van der Waals surface area contributed by atoms with Crippen molar-refractivity contribution in [2.75, 3.05) is 0 Å². The van der Waals surface area contributed by atoms with Gasteiger partial charge in [0, 0.05) is 32.5 Å². The number of hydrogen-bond acceptors (Lipinski definition) is 2. The summed E-state index contributed by atoms with van der Waals surface area (Å²) in [6, 6.07) is 2.17. The molecule has 2 rings (SSSR count). The largest absolute Gasteiger partial charge is 0.299 e. The molecule has 15 heavy (non-hydrogen) atoms. The van der Waals surface area contributed by atoms with E-state index in [4.69, 9.17) is 0 Å². The molecular formula is C12H15BrOS. The highest BCUT2D eigenvalue weighted by molar-refractivity contribution is 9.10. The van der Waals surface area contributed by atoms with E-state index in [9.17, 15) is 4.79 Å². The second kappa shape index (κ2) is 4.02. The molecule has 1 nitrogen and oxygen atoms in total. The second-order valence-electron chi connectivity index (χ2n) is 4.21. The fraction of sp³-hybridized carbons (Fsp3) is 0.583. The zero-order valence-corrected chi connectivity index (χ0v) is 11.5. The molecular weight excluding hydrogens is 272 g/mol. The minimum Gasteiger partial charge on any atom is -0.299 e. The number of halogens is 1. The number of thiophene rings is 1. The molecule has 0 saturated heterocycles. The number of hydrogen-bond donors (Lipinski definition) is 0. The molecule has 1 aliphatic rings. The Kier molecular flexibility index (Phi) is 3.04. The molecule has 1 aliphatic carbocycles. The zero-order valence-electron chi connectivity index (χ0n) is 9.05. The molecule has 1 atom stereocenters. The monoisotopic (exact) mass is 286 g/mol. The van der Waals surface area contributed by atoms with E-state index in [1.165, 1.54) is 4.88 Å². The lowest BCUT2D eigenvalue weighted by Gasteiger charge is -2.46. The Bertz CT molecular complexity index is 379. The van der Waals surface area contributed by atoms with E-state index in [0.29, 0.717) is 11.7 Å². The van der Waals surface area contributed by atoms with Crippen LogP contribution < -0.4 is 0 Å². The van der Waals surface area contributed by atoms with E-state index in [0.717, 1.165) is 23.7 Å². The summed E-state index contributed by atoms with van der Waals surface area (Å²) >= 11 is 5.25. The van der Waals surface area contributed by atoms with Crippen LogP contribution in [0.4, 0.5) is 0 Å². The molecule has 1 aromatic rings. The third-order valence-electron chi connectivity index (χ3n) is 3.80. The van der Waals surface area contributed by atoms with Crippen LogP contribution in [0.15, 0.2) is 15.9 Å². The van der Waals surface area contributed by atoms with E-state index in [-0.39, 0.29) is 5.41 Å². The summed E-state index contributed by atoms with van der Waals surface area (Å²) < 4.78 is 1.14. The van der Waals surface area contributed by atoms with Crippen LogP contribution in [0.3, 0.4) is 0 Å². The van der Waals surface area contributed by atoms with Crippen molar-refractivity contribution < 1.29 is 4.79 Å². The number of ketones is 1. The van der Waals surface area contributed by atoms with Crippen LogP contribution in [-0.2, 0) is 4.79 Å². The van der Waals surface area contributed by atoms with Gasteiger partial charge in [0.25, 0.3) is 0 Å². The highest BCUT2D eigenvalue weighted by Gasteiger charge is 2.52. The van der Waals surface area contributed by atoms with Crippen molar-refractivity contribution in [2.24, 2.45) is 5.41 Å². The van der Waals surface area contributed by atoms with Gasteiger partial charge in [0.1, 0.15) is 5.78 Å². The molecule has 0 aromatic carbocycles.